The van der Waals surface area contributed by atoms with Gasteiger partial charge in [0, 0.05) is 24.7 Å². The maximum absolute atomic E-state index is 14.0. The smallest absolute Gasteiger partial charge is 0.147 e. The summed E-state index contributed by atoms with van der Waals surface area (Å²) in [6.07, 6.45) is 3.71. The van der Waals surface area contributed by atoms with Crippen LogP contribution in [0.15, 0.2) is 18.3 Å². The monoisotopic (exact) mass is 280 g/mol. The van der Waals surface area contributed by atoms with Gasteiger partial charge in [0.1, 0.15) is 11.6 Å². The summed E-state index contributed by atoms with van der Waals surface area (Å²) in [5.41, 5.74) is 1.53. The summed E-state index contributed by atoms with van der Waals surface area (Å²) in [6, 6.07) is 2.77. The Morgan fingerprint density at radius 2 is 2.00 bits per heavy atom. The third-order valence-electron chi connectivity index (χ3n) is 3.32. The Kier molecular flexibility index (Phi) is 5.57. The van der Waals surface area contributed by atoms with Crippen LogP contribution in [0.5, 0.6) is 5.75 Å². The summed E-state index contributed by atoms with van der Waals surface area (Å²) < 4.78 is 15.9. The Morgan fingerprint density at radius 1 is 1.30 bits per heavy atom. The predicted octanol–water partition coefficient (Wildman–Crippen LogP) is 3.64. The molecular formula is C16H25FN2O. The van der Waals surface area contributed by atoms with Gasteiger partial charge in [0.25, 0.3) is 0 Å². The number of hydrogen-bond donors (Lipinski definition) is 1. The molecule has 0 unspecified atom stereocenters. The third kappa shape index (κ3) is 3.12. The molecule has 0 fully saturated rings. The van der Waals surface area contributed by atoms with E-state index in [-0.39, 0.29) is 19.0 Å². The minimum absolute atomic E-state index is 0. The van der Waals surface area contributed by atoms with Crippen molar-refractivity contribution in [2.24, 2.45) is 0 Å². The molecule has 1 heterocycles. The van der Waals surface area contributed by atoms with Crippen LogP contribution in [0.1, 0.15) is 26.3 Å². The van der Waals surface area contributed by atoms with Gasteiger partial charge in [-0.15, -0.1) is 0 Å². The highest BCUT2D eigenvalue weighted by atomic mass is 19.1. The molecule has 0 amide bonds. The first-order valence-electron chi connectivity index (χ1n) is 6.68. The molecule has 0 aliphatic carbocycles. The van der Waals surface area contributed by atoms with Gasteiger partial charge in [-0.05, 0) is 44.6 Å². The van der Waals surface area contributed by atoms with E-state index >= 15 is 0 Å². The molecule has 1 aromatic carbocycles. The number of fused-ring (bicyclic) bond motifs is 1. The lowest BCUT2D eigenvalue weighted by atomic mass is 10.1. The summed E-state index contributed by atoms with van der Waals surface area (Å²) in [5, 5.41) is 10.7. The molecule has 0 saturated heterocycles. The Bertz CT molecular complexity index is 575. The fraction of sp³-hybridized carbons (Fsp3) is 0.500. The van der Waals surface area contributed by atoms with Crippen molar-refractivity contribution in [2.75, 3.05) is 20.6 Å². The number of aromatic hydroxyl groups is 1. The first-order valence-corrected chi connectivity index (χ1v) is 6.68. The summed E-state index contributed by atoms with van der Waals surface area (Å²) in [6.45, 7) is 3.70. The average molecular weight is 280 g/mol. The zero-order valence-electron chi connectivity index (χ0n) is 11.8. The highest BCUT2D eigenvalue weighted by Crippen LogP contribution is 2.32. The van der Waals surface area contributed by atoms with E-state index in [1.54, 1.807) is 0 Å². The van der Waals surface area contributed by atoms with Gasteiger partial charge in [-0.3, -0.25) is 0 Å². The molecule has 0 radical (unpaired) electrons. The highest BCUT2D eigenvalue weighted by Gasteiger charge is 2.15. The molecule has 2 rings (SSSR count). The van der Waals surface area contributed by atoms with Crippen LogP contribution in [0, 0.1) is 5.82 Å². The van der Waals surface area contributed by atoms with E-state index in [1.807, 2.05) is 24.9 Å². The molecule has 1 N–H and O–H groups in total. The number of nitrogens with zero attached hydrogens (tertiary/aromatic N) is 2. The average Bonchev–Trinajstić information content (AvgIpc) is 2.72. The molecule has 2 aromatic rings. The van der Waals surface area contributed by atoms with Crippen LogP contribution in [0.2, 0.25) is 0 Å². The van der Waals surface area contributed by atoms with Crippen LogP contribution in [0.25, 0.3) is 10.9 Å². The van der Waals surface area contributed by atoms with Gasteiger partial charge in [-0.2, -0.15) is 0 Å². The molecule has 20 heavy (non-hydrogen) atoms. The molecule has 0 atom stereocenters. The Hall–Kier alpha value is -1.55. The molecule has 0 saturated carbocycles. The van der Waals surface area contributed by atoms with Gasteiger partial charge >= 0.3 is 0 Å². The van der Waals surface area contributed by atoms with Crippen molar-refractivity contribution < 1.29 is 9.50 Å². The molecule has 1 aromatic heterocycles. The quantitative estimate of drug-likeness (QED) is 0.906. The van der Waals surface area contributed by atoms with E-state index in [9.17, 15) is 9.50 Å². The van der Waals surface area contributed by atoms with E-state index < -0.39 is 0 Å². The zero-order chi connectivity index (χ0) is 14.0. The maximum atomic E-state index is 14.0. The lowest BCUT2D eigenvalue weighted by molar-refractivity contribution is 0.413. The summed E-state index contributed by atoms with van der Waals surface area (Å²) in [4.78, 5) is 2.08. The number of phenols is 1. The highest BCUT2D eigenvalue weighted by molar-refractivity contribution is 5.90. The van der Waals surface area contributed by atoms with Gasteiger partial charge in [0.2, 0.25) is 0 Å². The van der Waals surface area contributed by atoms with Crippen molar-refractivity contribution in [3.8, 4) is 5.75 Å². The molecule has 0 aliphatic heterocycles. The van der Waals surface area contributed by atoms with Gasteiger partial charge in [0.05, 0.1) is 5.52 Å². The summed E-state index contributed by atoms with van der Waals surface area (Å²) in [7, 11) is 4.01. The van der Waals surface area contributed by atoms with E-state index in [2.05, 4.69) is 11.8 Å². The van der Waals surface area contributed by atoms with Crippen molar-refractivity contribution in [3.63, 3.8) is 0 Å². The summed E-state index contributed by atoms with van der Waals surface area (Å²) >= 11 is 0. The largest absolute Gasteiger partial charge is 0.507 e. The Labute approximate surface area is 120 Å². The van der Waals surface area contributed by atoms with Crippen LogP contribution < -0.4 is 0 Å². The van der Waals surface area contributed by atoms with Gasteiger partial charge in [-0.1, -0.05) is 14.4 Å². The van der Waals surface area contributed by atoms with Gasteiger partial charge < -0.3 is 14.6 Å². The van der Waals surface area contributed by atoms with Crippen LogP contribution in [0.3, 0.4) is 0 Å². The lowest BCUT2D eigenvalue weighted by Gasteiger charge is -2.08. The number of phenolic OH excluding ortho intramolecular Hbond substituents is 1. The maximum Gasteiger partial charge on any atom is 0.147 e. The molecule has 0 bridgehead atoms. The number of aromatic nitrogens is 1. The first-order chi connectivity index (χ1) is 9.04. The van der Waals surface area contributed by atoms with E-state index in [4.69, 9.17) is 0 Å². The molecule has 4 heteroatoms. The second kappa shape index (κ2) is 6.75. The first kappa shape index (κ1) is 16.5. The predicted molar refractivity (Wildman–Crippen MR) is 82.8 cm³/mol. The van der Waals surface area contributed by atoms with E-state index in [1.165, 1.54) is 12.1 Å². The van der Waals surface area contributed by atoms with Crippen molar-refractivity contribution in [1.82, 2.24) is 9.47 Å². The summed E-state index contributed by atoms with van der Waals surface area (Å²) in [5.74, 6) is -0.0997. The van der Waals surface area contributed by atoms with Crippen molar-refractivity contribution in [3.05, 3.63) is 29.7 Å². The molecule has 3 nitrogen and oxygen atoms in total. The standard InChI is InChI=1S/C15H21FN2O.CH4/c1-4-8-18-10-11(7-9-17(2)3)14-13(19)6-5-12(16)15(14)18;/h5-6,10,19H,4,7-9H2,1-3H3;1H4. The van der Waals surface area contributed by atoms with Crippen molar-refractivity contribution >= 4 is 10.9 Å². The second-order valence-electron chi connectivity index (χ2n) is 5.19. The number of likely N-dealkylation sites (N-methyl/N-ethyl adjacent to an activating group) is 1. The number of halogens is 1. The Balaban J connectivity index is 0.00000200. The van der Waals surface area contributed by atoms with Crippen LogP contribution in [-0.4, -0.2) is 35.2 Å². The SMILES string of the molecule is C.CCCn1cc(CCN(C)C)c2c(O)ccc(F)c21. The zero-order valence-corrected chi connectivity index (χ0v) is 11.8. The fourth-order valence-electron chi connectivity index (χ4n) is 2.42. The van der Waals surface area contributed by atoms with Crippen LogP contribution in [-0.2, 0) is 13.0 Å². The molecular weight excluding hydrogens is 255 g/mol. The van der Waals surface area contributed by atoms with Crippen molar-refractivity contribution in [1.29, 1.82) is 0 Å². The van der Waals surface area contributed by atoms with Gasteiger partial charge in [-0.25, -0.2) is 4.39 Å². The number of benzene rings is 1. The normalized spacial score (nSPS) is 11.1. The molecule has 0 spiro atoms. The van der Waals surface area contributed by atoms with Crippen LogP contribution in [0.4, 0.5) is 4.39 Å². The van der Waals surface area contributed by atoms with Crippen LogP contribution >= 0.6 is 0 Å². The minimum atomic E-state index is -0.266. The second-order valence-corrected chi connectivity index (χ2v) is 5.19. The minimum Gasteiger partial charge on any atom is -0.507 e. The number of hydrogen-bond acceptors (Lipinski definition) is 2. The Morgan fingerprint density at radius 3 is 2.60 bits per heavy atom. The molecule has 0 aliphatic rings. The molecule has 112 valence electrons. The van der Waals surface area contributed by atoms with E-state index in [0.29, 0.717) is 10.9 Å². The number of aryl methyl sites for hydroxylation is 1. The third-order valence-corrected chi connectivity index (χ3v) is 3.32. The van der Waals surface area contributed by atoms with Crippen molar-refractivity contribution in [2.45, 2.75) is 33.7 Å². The van der Waals surface area contributed by atoms with E-state index in [0.717, 1.165) is 31.5 Å². The fourth-order valence-corrected chi connectivity index (χ4v) is 2.42. The lowest BCUT2D eigenvalue weighted by Crippen LogP contribution is -2.14. The van der Waals surface area contributed by atoms with Gasteiger partial charge in [0.15, 0.2) is 0 Å². The topological polar surface area (TPSA) is 28.4 Å². The number of rotatable bonds is 5.